The van der Waals surface area contributed by atoms with Gasteiger partial charge in [0.25, 0.3) is 0 Å². The first-order chi connectivity index (χ1) is 16.3. The molecule has 0 unspecified atom stereocenters. The molecule has 2 N–H and O–H groups in total. The lowest BCUT2D eigenvalue weighted by atomic mass is 9.94. The number of halogens is 3. The van der Waals surface area contributed by atoms with E-state index in [1.165, 1.54) is 12.1 Å². The number of allylic oxidation sites excluding steroid dienone is 1. The second-order valence-electron chi connectivity index (χ2n) is 7.72. The average Bonchev–Trinajstić information content (AvgIpc) is 2.77. The van der Waals surface area contributed by atoms with Gasteiger partial charge in [-0.25, -0.2) is 13.2 Å². The van der Waals surface area contributed by atoms with Crippen LogP contribution in [0.3, 0.4) is 0 Å². The largest absolute Gasteiger partial charge is 0.465 e. The number of amides is 1. The van der Waals surface area contributed by atoms with Gasteiger partial charge in [0, 0.05) is 35.8 Å². The Morgan fingerprint density at radius 2 is 1.97 bits per heavy atom. The highest BCUT2D eigenvalue weighted by molar-refractivity contribution is 7.90. The van der Waals surface area contributed by atoms with Crippen LogP contribution in [-0.2, 0) is 20.8 Å². The molecule has 184 valence electrons. The van der Waals surface area contributed by atoms with Crippen molar-refractivity contribution in [3.8, 4) is 6.07 Å². The fourth-order valence-corrected chi connectivity index (χ4v) is 4.47. The Morgan fingerprint density at radius 3 is 2.57 bits per heavy atom. The van der Waals surface area contributed by atoms with Crippen LogP contribution in [0.4, 0.5) is 29.3 Å². The van der Waals surface area contributed by atoms with Crippen LogP contribution in [0.2, 0.25) is 0 Å². The Hall–Kier alpha value is -3.92. The third-order valence-corrected chi connectivity index (χ3v) is 6.33. The van der Waals surface area contributed by atoms with Gasteiger partial charge in [-0.2, -0.15) is 18.4 Å². The van der Waals surface area contributed by atoms with E-state index in [4.69, 9.17) is 5.26 Å². The first-order valence-corrected chi connectivity index (χ1v) is 12.0. The van der Waals surface area contributed by atoms with Crippen molar-refractivity contribution in [1.29, 1.82) is 5.26 Å². The highest BCUT2D eigenvalue weighted by atomic mass is 32.2. The number of Topliss-reactive ketones (excluding diaryl/α,β-unsaturated/α-hetero) is 1. The molecule has 9 nitrogen and oxygen atoms in total. The monoisotopic (exact) mass is 508 g/mol. The van der Waals surface area contributed by atoms with E-state index in [2.05, 4.69) is 10.3 Å². The third kappa shape index (κ3) is 5.96. The number of hydrogen-bond acceptors (Lipinski definition) is 7. The van der Waals surface area contributed by atoms with Crippen molar-refractivity contribution in [2.24, 2.45) is 0 Å². The van der Waals surface area contributed by atoms with Crippen LogP contribution in [0.1, 0.15) is 30.5 Å². The summed E-state index contributed by atoms with van der Waals surface area (Å²) in [6, 6.07) is 7.25. The molecule has 13 heteroatoms. The molecule has 35 heavy (non-hydrogen) atoms. The van der Waals surface area contributed by atoms with Gasteiger partial charge in [0.1, 0.15) is 5.69 Å². The Balaban J connectivity index is 2.06. The summed E-state index contributed by atoms with van der Waals surface area (Å²) in [4.78, 5) is 28.4. The minimum atomic E-state index is -4.69. The van der Waals surface area contributed by atoms with Crippen LogP contribution in [0.5, 0.6) is 0 Å². The summed E-state index contributed by atoms with van der Waals surface area (Å²) >= 11 is 0. The van der Waals surface area contributed by atoms with Gasteiger partial charge in [0.05, 0.1) is 28.8 Å². The number of pyridine rings is 1. The molecule has 0 radical (unpaired) electrons. The van der Waals surface area contributed by atoms with E-state index in [1.54, 1.807) is 6.07 Å². The molecule has 0 atom stereocenters. The topological polar surface area (TPSA) is 140 Å². The number of benzene rings is 1. The molecule has 1 aromatic heterocycles. The van der Waals surface area contributed by atoms with Gasteiger partial charge in [-0.1, -0.05) is 0 Å². The predicted molar refractivity (Wildman–Crippen MR) is 118 cm³/mol. The smallest absolute Gasteiger partial charge is 0.433 e. The van der Waals surface area contributed by atoms with E-state index in [-0.39, 0.29) is 41.1 Å². The summed E-state index contributed by atoms with van der Waals surface area (Å²) in [6.07, 6.45) is -3.71. The van der Waals surface area contributed by atoms with Crippen molar-refractivity contribution in [3.05, 3.63) is 59.1 Å². The lowest BCUT2D eigenvalue weighted by Gasteiger charge is -2.27. The van der Waals surface area contributed by atoms with Crippen molar-refractivity contribution < 1.29 is 36.3 Å². The zero-order chi connectivity index (χ0) is 26.0. The summed E-state index contributed by atoms with van der Waals surface area (Å²) in [6.45, 7) is -0.553. The van der Waals surface area contributed by atoms with Crippen LogP contribution in [0, 0.1) is 11.3 Å². The van der Waals surface area contributed by atoms with Gasteiger partial charge in [-0.3, -0.25) is 14.7 Å². The fourth-order valence-electron chi connectivity index (χ4n) is 3.57. The average molecular weight is 508 g/mol. The summed E-state index contributed by atoms with van der Waals surface area (Å²) in [7, 11) is -3.97. The number of nitrogens with zero attached hydrogens (tertiary/aromatic N) is 3. The molecule has 0 aliphatic heterocycles. The Labute approximate surface area is 198 Å². The van der Waals surface area contributed by atoms with E-state index in [1.807, 2.05) is 0 Å². The maximum atomic E-state index is 13.0. The molecule has 1 aliphatic carbocycles. The number of anilines is 2. The summed E-state index contributed by atoms with van der Waals surface area (Å²) in [5, 5.41) is 21.7. The second-order valence-corrected chi connectivity index (χ2v) is 9.71. The number of rotatable bonds is 6. The lowest BCUT2D eigenvalue weighted by Crippen LogP contribution is -2.36. The molecule has 1 aliphatic rings. The van der Waals surface area contributed by atoms with Crippen LogP contribution in [0.25, 0.3) is 0 Å². The number of aromatic nitrogens is 1. The third-order valence-electron chi connectivity index (χ3n) is 5.20. The van der Waals surface area contributed by atoms with Gasteiger partial charge in [-0.15, -0.1) is 0 Å². The number of ketones is 1. The predicted octanol–water partition coefficient (Wildman–Crippen LogP) is 3.98. The van der Waals surface area contributed by atoms with E-state index >= 15 is 0 Å². The van der Waals surface area contributed by atoms with E-state index in [9.17, 15) is 36.3 Å². The number of hydrogen-bond donors (Lipinski definition) is 2. The van der Waals surface area contributed by atoms with Gasteiger partial charge in [-0.05, 0) is 43.2 Å². The number of carbonyl (C=O) groups is 2. The molecule has 2 aromatic rings. The molecule has 1 amide bonds. The standard InChI is InChI=1S/C22H19F3N4O5S/c1-35(33,34)19-9-13(11-26)5-6-17(19)29(21(31)32)12-15-16(3-2-4-18(15)30)28-14-7-8-27-20(10-14)22(23,24)25/h5-10H,2-4,12H2,1H3,(H,27,28)(H,31,32). The zero-order valence-electron chi connectivity index (χ0n) is 18.3. The maximum absolute atomic E-state index is 13.0. The normalized spacial score (nSPS) is 14.4. The highest BCUT2D eigenvalue weighted by Crippen LogP contribution is 2.32. The SMILES string of the molecule is CS(=O)(=O)c1cc(C#N)ccc1N(CC1=C(Nc2ccnc(C(F)(F)F)c2)CCCC1=O)C(=O)O. The highest BCUT2D eigenvalue weighted by Gasteiger charge is 2.33. The number of nitriles is 1. The van der Waals surface area contributed by atoms with Crippen molar-refractivity contribution in [1.82, 2.24) is 4.98 Å². The summed E-state index contributed by atoms with van der Waals surface area (Å²) < 4.78 is 63.7. The van der Waals surface area contributed by atoms with Crippen molar-refractivity contribution in [3.63, 3.8) is 0 Å². The van der Waals surface area contributed by atoms with Crippen LogP contribution < -0.4 is 10.2 Å². The Kier molecular flexibility index (Phi) is 7.16. The number of carboxylic acid groups (broad SMARTS) is 1. The molecule has 0 saturated heterocycles. The van der Waals surface area contributed by atoms with Gasteiger partial charge >= 0.3 is 12.3 Å². The molecule has 0 bridgehead atoms. The Bertz CT molecular complexity index is 1360. The zero-order valence-corrected chi connectivity index (χ0v) is 19.1. The summed E-state index contributed by atoms with van der Waals surface area (Å²) in [5.41, 5.74) is -1.18. The molecule has 3 rings (SSSR count). The molecule has 0 saturated carbocycles. The second kappa shape index (κ2) is 9.75. The number of sulfone groups is 1. The van der Waals surface area contributed by atoms with Crippen molar-refractivity contribution >= 4 is 33.1 Å². The first kappa shape index (κ1) is 25.7. The van der Waals surface area contributed by atoms with Crippen LogP contribution in [-0.4, -0.2) is 43.2 Å². The number of nitrogens with one attached hydrogen (secondary N) is 1. The molecular weight excluding hydrogens is 489 g/mol. The van der Waals surface area contributed by atoms with Gasteiger partial charge < -0.3 is 10.4 Å². The number of alkyl halides is 3. The molecule has 1 heterocycles. The quantitative estimate of drug-likeness (QED) is 0.597. The van der Waals surface area contributed by atoms with Crippen LogP contribution in [0.15, 0.2) is 52.7 Å². The minimum absolute atomic E-state index is 0.00611. The van der Waals surface area contributed by atoms with Crippen molar-refractivity contribution in [2.75, 3.05) is 23.0 Å². The molecule has 1 aromatic carbocycles. The molecule has 0 spiro atoms. The molecular formula is C22H19F3N4O5S. The van der Waals surface area contributed by atoms with E-state index < -0.39 is 45.0 Å². The fraction of sp³-hybridized carbons (Fsp3) is 0.273. The first-order valence-electron chi connectivity index (χ1n) is 10.1. The minimum Gasteiger partial charge on any atom is -0.465 e. The summed E-state index contributed by atoms with van der Waals surface area (Å²) in [5.74, 6) is -0.426. The molecule has 0 fully saturated rings. The van der Waals surface area contributed by atoms with E-state index in [0.29, 0.717) is 11.3 Å². The van der Waals surface area contributed by atoms with Crippen molar-refractivity contribution in [2.45, 2.75) is 30.3 Å². The van der Waals surface area contributed by atoms with Crippen LogP contribution >= 0.6 is 0 Å². The maximum Gasteiger partial charge on any atom is 0.433 e. The number of carbonyl (C=O) groups excluding carboxylic acids is 1. The van der Waals surface area contributed by atoms with Gasteiger partial charge in [0.2, 0.25) is 0 Å². The lowest BCUT2D eigenvalue weighted by molar-refractivity contribution is -0.141. The van der Waals surface area contributed by atoms with Gasteiger partial charge in [0.15, 0.2) is 15.6 Å². The Morgan fingerprint density at radius 1 is 1.26 bits per heavy atom. The van der Waals surface area contributed by atoms with E-state index in [0.717, 1.165) is 30.7 Å².